The van der Waals surface area contributed by atoms with Crippen LogP contribution in [0.1, 0.15) is 13.3 Å². The lowest BCUT2D eigenvalue weighted by molar-refractivity contribution is -0.384. The summed E-state index contributed by atoms with van der Waals surface area (Å²) in [5.41, 5.74) is -1.09. The molecule has 5 nitrogen and oxygen atoms in total. The van der Waals surface area contributed by atoms with Gasteiger partial charge in [-0.15, -0.1) is 0 Å². The van der Waals surface area contributed by atoms with Gasteiger partial charge in [-0.25, -0.2) is 8.78 Å². The van der Waals surface area contributed by atoms with E-state index in [1.807, 2.05) is 0 Å². The van der Waals surface area contributed by atoms with Crippen molar-refractivity contribution in [2.45, 2.75) is 19.4 Å². The Bertz CT molecular complexity index is 422. The molecular weight excluding hydrogens is 234 g/mol. The van der Waals surface area contributed by atoms with E-state index in [4.69, 9.17) is 5.11 Å². The summed E-state index contributed by atoms with van der Waals surface area (Å²) in [6.45, 7) is 1.38. The number of nitro groups is 1. The minimum atomic E-state index is -1.31. The molecule has 0 saturated heterocycles. The molecule has 17 heavy (non-hydrogen) atoms. The van der Waals surface area contributed by atoms with Gasteiger partial charge in [0.25, 0.3) is 5.69 Å². The summed E-state index contributed by atoms with van der Waals surface area (Å²) in [7, 11) is 0. The summed E-state index contributed by atoms with van der Waals surface area (Å²) in [4.78, 5) is 9.85. The molecule has 0 bridgehead atoms. The maximum Gasteiger partial charge on any atom is 0.295 e. The molecule has 0 aliphatic carbocycles. The normalized spacial score (nSPS) is 12.2. The molecule has 0 fully saturated rings. The molecule has 0 radical (unpaired) electrons. The fourth-order valence-corrected chi connectivity index (χ4v) is 1.31. The van der Waals surface area contributed by atoms with Crippen LogP contribution in [0.5, 0.6) is 0 Å². The predicted octanol–water partition coefficient (Wildman–Crippen LogP) is 2.06. The summed E-state index contributed by atoms with van der Waals surface area (Å²) in [5, 5.41) is 22.0. The second kappa shape index (κ2) is 5.53. The SMILES string of the molecule is CCC(CO)Nc1c([N+](=O)[O-])ccc(F)c1F. The van der Waals surface area contributed by atoms with Crippen LogP contribution in [-0.4, -0.2) is 22.7 Å². The summed E-state index contributed by atoms with van der Waals surface area (Å²) in [5.74, 6) is -2.49. The third-order valence-corrected chi connectivity index (χ3v) is 2.33. The Kier molecular flexibility index (Phi) is 4.33. The maximum atomic E-state index is 13.4. The van der Waals surface area contributed by atoms with E-state index >= 15 is 0 Å². The van der Waals surface area contributed by atoms with Crippen molar-refractivity contribution in [1.29, 1.82) is 0 Å². The third kappa shape index (κ3) is 2.88. The topological polar surface area (TPSA) is 75.4 Å². The van der Waals surface area contributed by atoms with Gasteiger partial charge in [0, 0.05) is 12.1 Å². The number of hydrogen-bond acceptors (Lipinski definition) is 4. The van der Waals surface area contributed by atoms with Crippen LogP contribution in [0.2, 0.25) is 0 Å². The zero-order valence-electron chi connectivity index (χ0n) is 9.11. The number of hydrogen-bond donors (Lipinski definition) is 2. The first-order valence-corrected chi connectivity index (χ1v) is 5.01. The first-order chi connectivity index (χ1) is 8.01. The fraction of sp³-hybridized carbons (Fsp3) is 0.400. The number of rotatable bonds is 5. The molecule has 0 aliphatic rings. The number of nitro benzene ring substituents is 1. The van der Waals surface area contributed by atoms with Gasteiger partial charge in [-0.3, -0.25) is 10.1 Å². The third-order valence-electron chi connectivity index (χ3n) is 2.33. The molecule has 0 aliphatic heterocycles. The molecule has 1 aromatic rings. The number of halogens is 2. The van der Waals surface area contributed by atoms with E-state index < -0.39 is 34.0 Å². The highest BCUT2D eigenvalue weighted by Crippen LogP contribution is 2.29. The largest absolute Gasteiger partial charge is 0.394 e. The monoisotopic (exact) mass is 246 g/mol. The van der Waals surface area contributed by atoms with Gasteiger partial charge in [-0.05, 0) is 12.5 Å². The van der Waals surface area contributed by atoms with Gasteiger partial charge in [0.05, 0.1) is 11.5 Å². The number of anilines is 1. The zero-order valence-corrected chi connectivity index (χ0v) is 9.11. The molecule has 7 heteroatoms. The Morgan fingerprint density at radius 3 is 2.65 bits per heavy atom. The van der Waals surface area contributed by atoms with Crippen molar-refractivity contribution >= 4 is 11.4 Å². The van der Waals surface area contributed by atoms with Crippen LogP contribution in [0.15, 0.2) is 12.1 Å². The Labute approximate surface area is 96.2 Å². The van der Waals surface area contributed by atoms with Gasteiger partial charge in [-0.1, -0.05) is 6.92 Å². The number of nitrogens with one attached hydrogen (secondary N) is 1. The minimum absolute atomic E-state index is 0.330. The standard InChI is InChI=1S/C10H12F2N2O3/c1-2-6(5-15)13-10-8(14(16)17)4-3-7(11)9(10)12/h3-4,6,13,15H,2,5H2,1H3. The van der Waals surface area contributed by atoms with E-state index in [-0.39, 0.29) is 6.61 Å². The minimum Gasteiger partial charge on any atom is -0.394 e. The molecule has 1 unspecified atom stereocenters. The van der Waals surface area contributed by atoms with Gasteiger partial charge >= 0.3 is 0 Å². The van der Waals surface area contributed by atoms with Crippen molar-refractivity contribution in [3.8, 4) is 0 Å². The number of nitrogens with zero attached hydrogens (tertiary/aromatic N) is 1. The van der Waals surface area contributed by atoms with Crippen LogP contribution < -0.4 is 5.32 Å². The zero-order chi connectivity index (χ0) is 13.0. The van der Waals surface area contributed by atoms with Crippen molar-refractivity contribution < 1.29 is 18.8 Å². The first-order valence-electron chi connectivity index (χ1n) is 5.01. The number of benzene rings is 1. The van der Waals surface area contributed by atoms with Gasteiger partial charge in [0.2, 0.25) is 0 Å². The van der Waals surface area contributed by atoms with Crippen molar-refractivity contribution in [3.63, 3.8) is 0 Å². The molecule has 1 rings (SSSR count). The van der Waals surface area contributed by atoms with Crippen molar-refractivity contribution in [3.05, 3.63) is 33.9 Å². The average Bonchev–Trinajstić information content (AvgIpc) is 2.30. The van der Waals surface area contributed by atoms with E-state index in [9.17, 15) is 18.9 Å². The van der Waals surface area contributed by atoms with Gasteiger partial charge < -0.3 is 10.4 Å². The smallest absolute Gasteiger partial charge is 0.295 e. The molecule has 2 N–H and O–H groups in total. The highest BCUT2D eigenvalue weighted by Gasteiger charge is 2.23. The highest BCUT2D eigenvalue weighted by atomic mass is 19.2. The first kappa shape index (κ1) is 13.3. The van der Waals surface area contributed by atoms with Gasteiger partial charge in [0.1, 0.15) is 0 Å². The Morgan fingerprint density at radius 1 is 1.53 bits per heavy atom. The van der Waals surface area contributed by atoms with Crippen LogP contribution >= 0.6 is 0 Å². The highest BCUT2D eigenvalue weighted by molar-refractivity contribution is 5.63. The summed E-state index contributed by atoms with van der Waals surface area (Å²) < 4.78 is 26.4. The van der Waals surface area contributed by atoms with E-state index in [1.54, 1.807) is 6.92 Å². The predicted molar refractivity (Wildman–Crippen MR) is 57.8 cm³/mol. The second-order valence-electron chi connectivity index (χ2n) is 3.44. The summed E-state index contributed by atoms with van der Waals surface area (Å²) in [6, 6.07) is 1.01. The van der Waals surface area contributed by atoms with Gasteiger partial charge in [-0.2, -0.15) is 0 Å². The second-order valence-corrected chi connectivity index (χ2v) is 3.44. The molecule has 1 atom stereocenters. The van der Waals surface area contributed by atoms with Crippen LogP contribution in [0, 0.1) is 21.7 Å². The Hall–Kier alpha value is -1.76. The van der Waals surface area contributed by atoms with Gasteiger partial charge in [0.15, 0.2) is 17.3 Å². The van der Waals surface area contributed by atoms with E-state index in [1.165, 1.54) is 0 Å². The lowest BCUT2D eigenvalue weighted by Crippen LogP contribution is -2.24. The molecule has 0 amide bonds. The van der Waals surface area contributed by atoms with Crippen molar-refractivity contribution in [2.75, 3.05) is 11.9 Å². The molecule has 0 saturated carbocycles. The Morgan fingerprint density at radius 2 is 2.18 bits per heavy atom. The molecule has 0 heterocycles. The van der Waals surface area contributed by atoms with Crippen molar-refractivity contribution in [1.82, 2.24) is 0 Å². The van der Waals surface area contributed by atoms with Crippen LogP contribution in [0.3, 0.4) is 0 Å². The molecule has 1 aromatic carbocycles. The van der Waals surface area contributed by atoms with E-state index in [0.29, 0.717) is 12.5 Å². The number of aliphatic hydroxyl groups is 1. The van der Waals surface area contributed by atoms with E-state index in [0.717, 1.165) is 6.07 Å². The lowest BCUT2D eigenvalue weighted by Gasteiger charge is -2.16. The number of aliphatic hydroxyl groups excluding tert-OH is 1. The lowest BCUT2D eigenvalue weighted by atomic mass is 10.2. The van der Waals surface area contributed by atoms with Crippen molar-refractivity contribution in [2.24, 2.45) is 0 Å². The molecule has 0 spiro atoms. The molecule has 94 valence electrons. The van der Waals surface area contributed by atoms with E-state index in [2.05, 4.69) is 5.32 Å². The summed E-state index contributed by atoms with van der Waals surface area (Å²) >= 11 is 0. The fourth-order valence-electron chi connectivity index (χ4n) is 1.31. The molecular formula is C10H12F2N2O3. The summed E-state index contributed by atoms with van der Waals surface area (Å²) in [6.07, 6.45) is 0.420. The average molecular weight is 246 g/mol. The molecule has 0 aromatic heterocycles. The van der Waals surface area contributed by atoms with Crippen LogP contribution in [-0.2, 0) is 0 Å². The quantitative estimate of drug-likeness (QED) is 0.616. The maximum absolute atomic E-state index is 13.4. The van der Waals surface area contributed by atoms with Crippen LogP contribution in [0.25, 0.3) is 0 Å². The van der Waals surface area contributed by atoms with Crippen LogP contribution in [0.4, 0.5) is 20.2 Å². The Balaban J connectivity index is 3.18.